The Hall–Kier alpha value is -7.91. The molecule has 0 aliphatic carbocycles. The van der Waals surface area contributed by atoms with Crippen LogP contribution in [0.1, 0.15) is 0 Å². The van der Waals surface area contributed by atoms with Gasteiger partial charge in [-0.1, -0.05) is 41.4 Å². The van der Waals surface area contributed by atoms with E-state index in [1.165, 1.54) is 36.4 Å². The molecule has 0 fully saturated rings. The number of aromatic hydroxyl groups is 4. The minimum absolute atomic E-state index is 0.0226. The zero-order valence-electron chi connectivity index (χ0n) is 35.7. The average molecular weight is 1120 g/mol. The summed E-state index contributed by atoms with van der Waals surface area (Å²) in [5, 5.41) is 65.3. The molecule has 0 unspecified atom stereocenters. The van der Waals surface area contributed by atoms with E-state index >= 15 is 0 Å². The van der Waals surface area contributed by atoms with Gasteiger partial charge in [0.15, 0.2) is 23.0 Å². The van der Waals surface area contributed by atoms with Crippen molar-refractivity contribution in [1.29, 1.82) is 0 Å². The van der Waals surface area contributed by atoms with E-state index in [0.29, 0.717) is 30.0 Å². The third-order valence-corrected chi connectivity index (χ3v) is 14.0. The number of para-hydroxylation sites is 1. The van der Waals surface area contributed by atoms with Crippen LogP contribution in [0, 0.1) is 0 Å². The Kier molecular flexibility index (Phi) is 13.6. The van der Waals surface area contributed by atoms with E-state index in [-0.39, 0.29) is 50.8 Å². The Bertz CT molecular complexity index is 3920. The van der Waals surface area contributed by atoms with Crippen molar-refractivity contribution in [2.45, 2.75) is 19.6 Å². The molecule has 8 rings (SSSR count). The molecule has 0 saturated carbocycles. The number of phenolic OH excluding ortho intramolecular Hbond substituents is 4. The fourth-order valence-electron chi connectivity index (χ4n) is 6.68. The molecule has 32 heteroatoms. The first-order valence-electron chi connectivity index (χ1n) is 19.6. The molecule has 0 aliphatic heterocycles. The molecule has 0 bridgehead atoms. The third kappa shape index (κ3) is 11.3. The van der Waals surface area contributed by atoms with Crippen LogP contribution >= 0.6 is 23.2 Å². The van der Waals surface area contributed by atoms with Gasteiger partial charge >= 0.3 is 0 Å². The molecule has 0 aliphatic rings. The number of phenols is 4. The summed E-state index contributed by atoms with van der Waals surface area (Å²) in [6.45, 7) is 0. The zero-order chi connectivity index (χ0) is 52.9. The highest BCUT2D eigenvalue weighted by Crippen LogP contribution is 2.46. The van der Waals surface area contributed by atoms with Crippen molar-refractivity contribution >= 4 is 143 Å². The number of benzene rings is 7. The van der Waals surface area contributed by atoms with Gasteiger partial charge in [0, 0.05) is 27.8 Å². The summed E-state index contributed by atoms with van der Waals surface area (Å²) in [5.41, 5.74) is -2.19. The summed E-state index contributed by atoms with van der Waals surface area (Å²) >= 11 is 11.7. The first kappa shape index (κ1) is 51.4. The molecule has 0 radical (unpaired) electrons. The summed E-state index contributed by atoms with van der Waals surface area (Å²) in [5.74, 6) is -3.73. The molecular weight excluding hydrogens is 1090 g/mol. The Balaban J connectivity index is 1.15. The van der Waals surface area contributed by atoms with Crippen molar-refractivity contribution < 1.29 is 72.3 Å². The van der Waals surface area contributed by atoms with E-state index in [0.717, 1.165) is 12.1 Å². The van der Waals surface area contributed by atoms with Crippen LogP contribution in [0.2, 0.25) is 10.0 Å². The molecule has 0 spiro atoms. The zero-order valence-corrected chi connectivity index (χ0v) is 40.5. The predicted molar refractivity (Wildman–Crippen MR) is 261 cm³/mol. The van der Waals surface area contributed by atoms with Gasteiger partial charge in [-0.3, -0.25) is 18.2 Å². The highest BCUT2D eigenvalue weighted by molar-refractivity contribution is 7.86. The number of aromatic nitrogens is 3. The lowest BCUT2D eigenvalue weighted by atomic mass is 10.1. The van der Waals surface area contributed by atoms with Crippen LogP contribution in [0.25, 0.3) is 21.5 Å². The largest absolute Gasteiger partial charge is 0.505 e. The molecule has 11 N–H and O–H groups in total. The summed E-state index contributed by atoms with van der Waals surface area (Å²) in [6.07, 6.45) is 0. The third-order valence-electron chi connectivity index (χ3n) is 9.98. The van der Waals surface area contributed by atoms with Crippen LogP contribution in [0.4, 0.5) is 57.7 Å². The van der Waals surface area contributed by atoms with Gasteiger partial charge < -0.3 is 36.4 Å². The second-order valence-electron chi connectivity index (χ2n) is 14.9. The number of rotatable bonds is 14. The molecule has 8 aromatic rings. The van der Waals surface area contributed by atoms with Gasteiger partial charge in [-0.25, -0.2) is 0 Å². The maximum absolute atomic E-state index is 12.6. The van der Waals surface area contributed by atoms with Crippen LogP contribution < -0.4 is 16.0 Å². The molecule has 1 aromatic heterocycles. The summed E-state index contributed by atoms with van der Waals surface area (Å²) in [4.78, 5) is 9.63. The van der Waals surface area contributed by atoms with Crippen LogP contribution in [0.3, 0.4) is 0 Å². The minimum Gasteiger partial charge on any atom is -0.505 e. The molecule has 0 atom stereocenters. The Morgan fingerprint density at radius 1 is 0.411 bits per heavy atom. The second kappa shape index (κ2) is 19.3. The van der Waals surface area contributed by atoms with Gasteiger partial charge in [-0.2, -0.15) is 48.6 Å². The van der Waals surface area contributed by atoms with Crippen molar-refractivity contribution in [2.75, 3.05) is 16.0 Å². The van der Waals surface area contributed by atoms with Gasteiger partial charge in [0.2, 0.25) is 17.8 Å². The van der Waals surface area contributed by atoms with Crippen molar-refractivity contribution in [3.8, 4) is 23.0 Å². The number of nitrogens with one attached hydrogen (secondary N) is 3. The molecule has 26 nitrogen and oxygen atoms in total. The van der Waals surface area contributed by atoms with Gasteiger partial charge in [0.1, 0.15) is 32.5 Å². The van der Waals surface area contributed by atoms with E-state index < -0.39 is 116 Å². The number of halogens is 2. The molecule has 0 amide bonds. The molecule has 376 valence electrons. The van der Waals surface area contributed by atoms with Crippen molar-refractivity contribution in [3.05, 3.63) is 113 Å². The predicted octanol–water partition coefficient (Wildman–Crippen LogP) is 9.36. The average Bonchev–Trinajstić information content (AvgIpc) is 3.29. The number of azo groups is 2. The van der Waals surface area contributed by atoms with Crippen LogP contribution in [0.5, 0.6) is 23.0 Å². The maximum Gasteiger partial charge on any atom is 0.296 e. The molecule has 1 heterocycles. The molecule has 0 saturated heterocycles. The summed E-state index contributed by atoms with van der Waals surface area (Å²) < 4.78 is 137. The van der Waals surface area contributed by atoms with Gasteiger partial charge in [0.25, 0.3) is 40.5 Å². The van der Waals surface area contributed by atoms with Gasteiger partial charge in [-0.05, 0) is 95.7 Å². The molecule has 7 aromatic carbocycles. The Morgan fingerprint density at radius 3 is 1.14 bits per heavy atom. The lowest BCUT2D eigenvalue weighted by Crippen LogP contribution is -2.07. The highest BCUT2D eigenvalue weighted by Gasteiger charge is 2.26. The number of hydrogen-bond donors (Lipinski definition) is 11. The smallest absolute Gasteiger partial charge is 0.296 e. The number of nitrogens with zero attached hydrogens (tertiary/aromatic N) is 7. The maximum atomic E-state index is 12.6. The standard InChI is InChI=1S/C41H28Cl2N10O16S4/c42-27-14-23(70(58,59)60)16-29(37(27)56)50-52-33-31(72(64,65)66)12-18-10-21(6-8-25(18)35(33)54)45-40-47-39(44-20-4-2-1-3-5-20)48-41(49-40)46-22-7-9-26-19(11-22)13-32(73(67,68)69)34(36(26)55)53-51-30-17-24(71(61,62)63)15-28(43)38(30)57/h1-17,54-57H,(H,58,59,60)(H,61,62,63)(H,64,65,66)(H,67,68,69)(H3,44,45,46,47,48,49). The second-order valence-corrected chi connectivity index (χ2v) is 21.3. The summed E-state index contributed by atoms with van der Waals surface area (Å²) in [7, 11) is -20.2. The lowest BCUT2D eigenvalue weighted by Gasteiger charge is -2.14. The van der Waals surface area contributed by atoms with Crippen LogP contribution in [0.15, 0.2) is 143 Å². The molecule has 73 heavy (non-hydrogen) atoms. The Morgan fingerprint density at radius 2 is 0.781 bits per heavy atom. The van der Waals surface area contributed by atoms with E-state index in [1.54, 1.807) is 30.3 Å². The first-order valence-corrected chi connectivity index (χ1v) is 26.2. The minimum atomic E-state index is -5.20. The van der Waals surface area contributed by atoms with E-state index in [4.69, 9.17) is 23.2 Å². The fraction of sp³-hybridized carbons (Fsp3) is 0. The fourth-order valence-corrected chi connectivity index (χ4v) is 9.60. The normalized spacial score (nSPS) is 12.5. The van der Waals surface area contributed by atoms with E-state index in [9.17, 15) is 72.3 Å². The van der Waals surface area contributed by atoms with Crippen LogP contribution in [-0.2, 0) is 40.5 Å². The SMILES string of the molecule is O=S(=O)(O)c1cc(Cl)c(O)c(N=Nc2c(S(=O)(=O)O)cc3cc(Nc4nc(Nc5ccccc5)nc(Nc5ccc6c(O)c(N=Nc7cc(S(=O)(=O)O)cc(Cl)c7O)c(S(=O)(=O)O)cc6c5)n4)ccc3c2O)c1. The van der Waals surface area contributed by atoms with Crippen molar-refractivity contribution in [1.82, 2.24) is 15.0 Å². The highest BCUT2D eigenvalue weighted by atomic mass is 35.5. The lowest BCUT2D eigenvalue weighted by molar-refractivity contribution is 0.470. The number of anilines is 6. The summed E-state index contributed by atoms with van der Waals surface area (Å²) in [6, 6.07) is 21.2. The van der Waals surface area contributed by atoms with E-state index in [1.807, 2.05) is 0 Å². The topological polar surface area (TPSA) is 423 Å². The number of hydrogen-bond acceptors (Lipinski definition) is 22. The Labute approximate surface area is 420 Å². The van der Waals surface area contributed by atoms with Gasteiger partial charge in [0.05, 0.1) is 19.8 Å². The number of fused-ring (bicyclic) bond motifs is 2. The van der Waals surface area contributed by atoms with Crippen molar-refractivity contribution in [2.24, 2.45) is 20.5 Å². The van der Waals surface area contributed by atoms with Gasteiger partial charge in [-0.15, -0.1) is 20.5 Å². The van der Waals surface area contributed by atoms with Crippen LogP contribution in [-0.4, -0.2) is 87.3 Å². The monoisotopic (exact) mass is 1110 g/mol. The van der Waals surface area contributed by atoms with E-state index in [2.05, 4.69) is 51.4 Å². The quantitative estimate of drug-likeness (QED) is 0.0356. The first-order chi connectivity index (χ1) is 34.1. The van der Waals surface area contributed by atoms with Crippen molar-refractivity contribution in [3.63, 3.8) is 0 Å². The molecular formula is C41H28Cl2N10O16S4.